The molecule has 142 valence electrons. The summed E-state index contributed by atoms with van der Waals surface area (Å²) in [4.78, 5) is 24.5. The van der Waals surface area contributed by atoms with E-state index in [0.717, 1.165) is 11.1 Å². The number of aliphatic carboxylic acids is 1. The van der Waals surface area contributed by atoms with E-state index in [1.165, 1.54) is 0 Å². The van der Waals surface area contributed by atoms with Gasteiger partial charge in [-0.2, -0.15) is 0 Å². The van der Waals surface area contributed by atoms with E-state index in [2.05, 4.69) is 5.32 Å². The van der Waals surface area contributed by atoms with Crippen LogP contribution >= 0.6 is 11.6 Å². The largest absolute Gasteiger partial charge is 0.480 e. The molecule has 0 aliphatic carbocycles. The van der Waals surface area contributed by atoms with Gasteiger partial charge in [-0.05, 0) is 35.4 Å². The van der Waals surface area contributed by atoms with Crippen molar-refractivity contribution in [1.29, 1.82) is 0 Å². The Morgan fingerprint density at radius 2 is 1.32 bits per heavy atom. The Balaban J connectivity index is 1.84. The van der Waals surface area contributed by atoms with Crippen LogP contribution in [0.1, 0.15) is 33.9 Å². The first kappa shape index (κ1) is 19.8. The normalized spacial score (nSPS) is 11.9. The smallest absolute Gasteiger partial charge is 0.321 e. The Morgan fingerprint density at radius 1 is 0.821 bits per heavy atom. The molecule has 0 amide bonds. The van der Waals surface area contributed by atoms with E-state index in [4.69, 9.17) is 11.6 Å². The first-order chi connectivity index (χ1) is 13.5. The third-order valence-electron chi connectivity index (χ3n) is 4.49. The molecule has 28 heavy (non-hydrogen) atoms. The molecular formula is C23H20ClNO3. The second-order valence-corrected chi connectivity index (χ2v) is 6.88. The fourth-order valence-corrected chi connectivity index (χ4v) is 3.16. The Bertz CT molecular complexity index is 888. The Morgan fingerprint density at radius 3 is 1.79 bits per heavy atom. The van der Waals surface area contributed by atoms with Crippen molar-refractivity contribution in [2.75, 3.05) is 0 Å². The van der Waals surface area contributed by atoms with Gasteiger partial charge in [0.25, 0.3) is 0 Å². The van der Waals surface area contributed by atoms with Crippen LogP contribution in [0.4, 0.5) is 0 Å². The molecule has 0 aliphatic heterocycles. The molecule has 3 aromatic rings. The van der Waals surface area contributed by atoms with Crippen molar-refractivity contribution in [1.82, 2.24) is 5.32 Å². The lowest BCUT2D eigenvalue weighted by Crippen LogP contribution is -2.41. The van der Waals surface area contributed by atoms with Gasteiger partial charge in [0.15, 0.2) is 5.78 Å². The molecule has 1 atom stereocenters. The van der Waals surface area contributed by atoms with Gasteiger partial charge in [0, 0.05) is 17.0 Å². The summed E-state index contributed by atoms with van der Waals surface area (Å²) in [6.45, 7) is 0. The van der Waals surface area contributed by atoms with E-state index in [-0.39, 0.29) is 18.2 Å². The zero-order valence-electron chi connectivity index (χ0n) is 15.1. The second kappa shape index (κ2) is 9.31. The van der Waals surface area contributed by atoms with Crippen molar-refractivity contribution >= 4 is 23.4 Å². The lowest BCUT2D eigenvalue weighted by atomic mass is 9.96. The number of halogens is 1. The molecule has 0 aliphatic rings. The summed E-state index contributed by atoms with van der Waals surface area (Å²) in [6, 6.07) is 24.2. The lowest BCUT2D eigenvalue weighted by Gasteiger charge is -2.24. The number of carboxylic acids is 1. The number of rotatable bonds is 8. The number of Topliss-reactive ketones (excluding diaryl/α,β-unsaturated/α-hetero) is 1. The van der Waals surface area contributed by atoms with Gasteiger partial charge in [0.1, 0.15) is 6.04 Å². The highest BCUT2D eigenvalue weighted by Crippen LogP contribution is 2.23. The summed E-state index contributed by atoms with van der Waals surface area (Å²) < 4.78 is 0. The summed E-state index contributed by atoms with van der Waals surface area (Å²) >= 11 is 5.86. The maximum atomic E-state index is 12.6. The van der Waals surface area contributed by atoms with E-state index in [0.29, 0.717) is 10.6 Å². The number of hydrogen-bond acceptors (Lipinski definition) is 3. The van der Waals surface area contributed by atoms with Crippen LogP contribution in [0.2, 0.25) is 5.02 Å². The van der Waals surface area contributed by atoms with Crippen molar-refractivity contribution in [2.24, 2.45) is 0 Å². The van der Waals surface area contributed by atoms with Crippen LogP contribution < -0.4 is 5.32 Å². The predicted molar refractivity (Wildman–Crippen MR) is 110 cm³/mol. The Kier molecular flexibility index (Phi) is 6.58. The molecule has 0 fully saturated rings. The maximum Gasteiger partial charge on any atom is 0.321 e. The number of hydrogen-bond donors (Lipinski definition) is 2. The molecule has 0 unspecified atom stereocenters. The number of nitrogens with one attached hydrogen (secondary N) is 1. The van der Waals surface area contributed by atoms with Gasteiger partial charge in [-0.15, -0.1) is 0 Å². The fourth-order valence-electron chi connectivity index (χ4n) is 3.03. The number of benzene rings is 3. The minimum Gasteiger partial charge on any atom is -0.480 e. The first-order valence-electron chi connectivity index (χ1n) is 8.92. The van der Waals surface area contributed by atoms with Crippen molar-refractivity contribution < 1.29 is 14.7 Å². The average molecular weight is 394 g/mol. The van der Waals surface area contributed by atoms with Crippen molar-refractivity contribution in [3.63, 3.8) is 0 Å². The fraction of sp³-hybridized carbons (Fsp3) is 0.130. The summed E-state index contributed by atoms with van der Waals surface area (Å²) in [7, 11) is 0. The topological polar surface area (TPSA) is 66.4 Å². The lowest BCUT2D eigenvalue weighted by molar-refractivity contribution is -0.139. The van der Waals surface area contributed by atoms with Gasteiger partial charge >= 0.3 is 5.97 Å². The molecule has 0 spiro atoms. The number of ketones is 1. The van der Waals surface area contributed by atoms with Crippen LogP contribution in [-0.2, 0) is 4.79 Å². The van der Waals surface area contributed by atoms with Crippen molar-refractivity contribution in [3.05, 3.63) is 107 Å². The molecule has 0 heterocycles. The molecule has 0 aromatic heterocycles. The molecule has 0 radical (unpaired) electrons. The molecule has 3 aromatic carbocycles. The van der Waals surface area contributed by atoms with E-state index in [9.17, 15) is 14.7 Å². The Labute approximate surface area is 168 Å². The summed E-state index contributed by atoms with van der Waals surface area (Å²) in [6.07, 6.45) is -0.160. The molecule has 0 saturated carbocycles. The number of carbonyl (C=O) groups is 2. The van der Waals surface area contributed by atoms with Gasteiger partial charge in [0.05, 0.1) is 6.04 Å². The summed E-state index contributed by atoms with van der Waals surface area (Å²) in [5.41, 5.74) is 2.30. The zero-order valence-corrected chi connectivity index (χ0v) is 15.8. The summed E-state index contributed by atoms with van der Waals surface area (Å²) in [5.74, 6) is -1.32. The van der Waals surface area contributed by atoms with E-state index < -0.39 is 12.0 Å². The van der Waals surface area contributed by atoms with Gasteiger partial charge in [-0.25, -0.2) is 0 Å². The van der Waals surface area contributed by atoms with Crippen LogP contribution in [0.15, 0.2) is 84.9 Å². The average Bonchev–Trinajstić information content (AvgIpc) is 2.72. The van der Waals surface area contributed by atoms with Gasteiger partial charge in [-0.1, -0.05) is 72.3 Å². The number of carboxylic acid groups (broad SMARTS) is 1. The zero-order chi connectivity index (χ0) is 19.9. The summed E-state index contributed by atoms with van der Waals surface area (Å²) in [5, 5.41) is 13.4. The second-order valence-electron chi connectivity index (χ2n) is 6.45. The van der Waals surface area contributed by atoms with Crippen molar-refractivity contribution in [2.45, 2.75) is 18.5 Å². The van der Waals surface area contributed by atoms with Crippen LogP contribution in [-0.4, -0.2) is 22.9 Å². The van der Waals surface area contributed by atoms with E-state index >= 15 is 0 Å². The molecule has 5 heteroatoms. The first-order valence-corrected chi connectivity index (χ1v) is 9.30. The molecular weight excluding hydrogens is 374 g/mol. The Hall–Kier alpha value is -2.95. The molecule has 0 saturated heterocycles. The van der Waals surface area contributed by atoms with E-state index in [1.54, 1.807) is 24.3 Å². The minimum absolute atomic E-state index is 0.160. The molecule has 0 bridgehead atoms. The predicted octanol–water partition coefficient (Wildman–Crippen LogP) is 4.75. The molecule has 2 N–H and O–H groups in total. The highest BCUT2D eigenvalue weighted by atomic mass is 35.5. The van der Waals surface area contributed by atoms with Crippen LogP contribution in [0.3, 0.4) is 0 Å². The van der Waals surface area contributed by atoms with Gasteiger partial charge < -0.3 is 5.11 Å². The van der Waals surface area contributed by atoms with Crippen LogP contribution in [0.5, 0.6) is 0 Å². The molecule has 3 rings (SSSR count). The van der Waals surface area contributed by atoms with E-state index in [1.807, 2.05) is 60.7 Å². The highest BCUT2D eigenvalue weighted by molar-refractivity contribution is 6.30. The quantitative estimate of drug-likeness (QED) is 0.542. The minimum atomic E-state index is -1.07. The maximum absolute atomic E-state index is 12.6. The van der Waals surface area contributed by atoms with Gasteiger partial charge in [-0.3, -0.25) is 14.9 Å². The van der Waals surface area contributed by atoms with Crippen LogP contribution in [0.25, 0.3) is 0 Å². The molecule has 4 nitrogen and oxygen atoms in total. The SMILES string of the molecule is O=C(C[C@@H](NC(c1ccccc1)c1ccccc1)C(=O)O)c1ccc(Cl)cc1. The monoisotopic (exact) mass is 393 g/mol. The van der Waals surface area contributed by atoms with Crippen molar-refractivity contribution in [3.8, 4) is 0 Å². The van der Waals surface area contributed by atoms with Crippen LogP contribution in [0, 0.1) is 0 Å². The third kappa shape index (κ3) is 5.06. The standard InChI is InChI=1S/C23H20ClNO3/c24-19-13-11-16(12-14-19)21(26)15-20(23(27)28)25-22(17-7-3-1-4-8-17)18-9-5-2-6-10-18/h1-14,20,22,25H,15H2,(H,27,28)/t20-/m1/s1. The highest BCUT2D eigenvalue weighted by Gasteiger charge is 2.26. The van der Waals surface area contributed by atoms with Gasteiger partial charge in [0.2, 0.25) is 0 Å². The number of carbonyl (C=O) groups excluding carboxylic acids is 1. The third-order valence-corrected chi connectivity index (χ3v) is 4.74.